The number of nitrogens with zero attached hydrogens (tertiary/aromatic N) is 1. The molecule has 0 aliphatic carbocycles. The van der Waals surface area contributed by atoms with E-state index in [9.17, 15) is 0 Å². The quantitative estimate of drug-likeness (QED) is 0.873. The molecular weight excluding hydrogens is 232 g/mol. The maximum atomic E-state index is 5.51. The molecule has 1 saturated heterocycles. The molecule has 0 saturated carbocycles. The molecular formula is C13H20N2OS. The molecule has 1 aliphatic heterocycles. The van der Waals surface area contributed by atoms with E-state index in [2.05, 4.69) is 16.4 Å². The molecule has 0 aromatic carbocycles. The van der Waals surface area contributed by atoms with Gasteiger partial charge in [0.15, 0.2) is 0 Å². The fourth-order valence-corrected chi connectivity index (χ4v) is 3.64. The van der Waals surface area contributed by atoms with Crippen molar-refractivity contribution in [2.45, 2.75) is 19.4 Å². The van der Waals surface area contributed by atoms with Crippen LogP contribution in [0.1, 0.15) is 24.9 Å². The van der Waals surface area contributed by atoms with Gasteiger partial charge in [0.2, 0.25) is 0 Å². The molecule has 2 rings (SSSR count). The number of ether oxygens (including phenoxy) is 1. The van der Waals surface area contributed by atoms with Gasteiger partial charge in [-0.25, -0.2) is 0 Å². The van der Waals surface area contributed by atoms with Crippen LogP contribution < -0.4 is 10.1 Å². The Morgan fingerprint density at radius 2 is 2.47 bits per heavy atom. The lowest BCUT2D eigenvalue weighted by Gasteiger charge is -2.22. The summed E-state index contributed by atoms with van der Waals surface area (Å²) in [6, 6.07) is 2.51. The highest BCUT2D eigenvalue weighted by atomic mass is 32.2. The maximum Gasteiger partial charge on any atom is 0.137 e. The Morgan fingerprint density at radius 1 is 1.59 bits per heavy atom. The topological polar surface area (TPSA) is 34.1 Å². The molecule has 2 atom stereocenters. The Balaban J connectivity index is 2.14. The van der Waals surface area contributed by atoms with E-state index in [0.717, 1.165) is 5.75 Å². The Labute approximate surface area is 107 Å². The third-order valence-corrected chi connectivity index (χ3v) is 4.34. The molecule has 0 bridgehead atoms. The van der Waals surface area contributed by atoms with Crippen LogP contribution in [0.5, 0.6) is 5.75 Å². The van der Waals surface area contributed by atoms with E-state index < -0.39 is 0 Å². The van der Waals surface area contributed by atoms with Crippen molar-refractivity contribution < 1.29 is 4.74 Å². The van der Waals surface area contributed by atoms with E-state index >= 15 is 0 Å². The fourth-order valence-electron chi connectivity index (χ4n) is 2.34. The van der Waals surface area contributed by atoms with Crippen LogP contribution >= 0.6 is 11.8 Å². The van der Waals surface area contributed by atoms with Crippen LogP contribution in [0.25, 0.3) is 0 Å². The minimum Gasteiger partial charge on any atom is -0.492 e. The van der Waals surface area contributed by atoms with Crippen LogP contribution in [0, 0.1) is 5.92 Å². The highest BCUT2D eigenvalue weighted by molar-refractivity contribution is 7.99. The highest BCUT2D eigenvalue weighted by Crippen LogP contribution is 2.34. The molecule has 0 spiro atoms. The minimum absolute atomic E-state index is 0.401. The summed E-state index contributed by atoms with van der Waals surface area (Å²) < 4.78 is 5.51. The monoisotopic (exact) mass is 252 g/mol. The van der Waals surface area contributed by atoms with Gasteiger partial charge in [-0.15, -0.1) is 0 Å². The molecule has 0 amide bonds. The van der Waals surface area contributed by atoms with Crippen molar-refractivity contribution in [3.8, 4) is 5.75 Å². The summed E-state index contributed by atoms with van der Waals surface area (Å²) >= 11 is 2.04. The second-order valence-corrected chi connectivity index (χ2v) is 5.43. The zero-order chi connectivity index (χ0) is 12.1. The molecule has 0 radical (unpaired) electrons. The van der Waals surface area contributed by atoms with Crippen molar-refractivity contribution in [1.29, 1.82) is 0 Å². The molecule has 94 valence electrons. The first-order valence-electron chi connectivity index (χ1n) is 6.18. The molecule has 2 unspecified atom stereocenters. The first-order valence-corrected chi connectivity index (χ1v) is 7.33. The third kappa shape index (κ3) is 3.13. The Bertz CT molecular complexity index is 353. The second-order valence-electron chi connectivity index (χ2n) is 4.28. The van der Waals surface area contributed by atoms with E-state index in [1.54, 1.807) is 6.20 Å². The summed E-state index contributed by atoms with van der Waals surface area (Å²) in [5, 5.41) is 3.42. The van der Waals surface area contributed by atoms with Gasteiger partial charge in [-0.1, -0.05) is 0 Å². The molecule has 1 aliphatic rings. The van der Waals surface area contributed by atoms with Crippen molar-refractivity contribution in [1.82, 2.24) is 10.3 Å². The van der Waals surface area contributed by atoms with Crippen molar-refractivity contribution in [3.63, 3.8) is 0 Å². The molecule has 1 aromatic heterocycles. The number of thioether (sulfide) groups is 1. The summed E-state index contributed by atoms with van der Waals surface area (Å²) in [5.41, 5.74) is 1.24. The van der Waals surface area contributed by atoms with Crippen LogP contribution in [-0.2, 0) is 0 Å². The van der Waals surface area contributed by atoms with Gasteiger partial charge in [-0.05, 0) is 49.4 Å². The number of hydrogen-bond acceptors (Lipinski definition) is 4. The maximum absolute atomic E-state index is 5.51. The summed E-state index contributed by atoms with van der Waals surface area (Å²) in [6.45, 7) is 2.68. The van der Waals surface area contributed by atoms with Gasteiger partial charge >= 0.3 is 0 Å². The predicted octanol–water partition coefficient (Wildman–Crippen LogP) is 2.49. The summed E-state index contributed by atoms with van der Waals surface area (Å²) in [5.74, 6) is 4.10. The number of hydrogen-bond donors (Lipinski definition) is 1. The lowest BCUT2D eigenvalue weighted by Crippen LogP contribution is -2.25. The molecule has 2 heterocycles. The summed E-state index contributed by atoms with van der Waals surface area (Å²) in [6.07, 6.45) is 5.02. The van der Waals surface area contributed by atoms with Crippen molar-refractivity contribution >= 4 is 11.8 Å². The second kappa shape index (κ2) is 6.26. The van der Waals surface area contributed by atoms with Gasteiger partial charge in [-0.2, -0.15) is 11.8 Å². The van der Waals surface area contributed by atoms with Crippen molar-refractivity contribution in [2.75, 3.05) is 25.2 Å². The smallest absolute Gasteiger partial charge is 0.137 e. The molecule has 17 heavy (non-hydrogen) atoms. The summed E-state index contributed by atoms with van der Waals surface area (Å²) in [4.78, 5) is 4.27. The Morgan fingerprint density at radius 3 is 3.12 bits per heavy atom. The third-order valence-electron chi connectivity index (χ3n) is 3.15. The first kappa shape index (κ1) is 12.7. The Hall–Kier alpha value is -0.740. The van der Waals surface area contributed by atoms with E-state index in [0.29, 0.717) is 18.6 Å². The van der Waals surface area contributed by atoms with Crippen molar-refractivity contribution in [2.24, 2.45) is 5.92 Å². The average molecular weight is 252 g/mol. The number of nitrogens with one attached hydrogen (secondary N) is 1. The standard InChI is InChI=1S/C13H20N2OS/c1-3-16-12-6-11(7-15-8-12)13(14-2)10-4-5-17-9-10/h6-8,10,13-14H,3-5,9H2,1-2H3. The van der Waals surface area contributed by atoms with Crippen LogP contribution in [0.15, 0.2) is 18.5 Å². The molecule has 1 N–H and O–H groups in total. The van der Waals surface area contributed by atoms with Crippen LogP contribution in [-0.4, -0.2) is 30.1 Å². The van der Waals surface area contributed by atoms with E-state index in [1.807, 2.05) is 31.9 Å². The van der Waals surface area contributed by atoms with Crippen molar-refractivity contribution in [3.05, 3.63) is 24.0 Å². The largest absolute Gasteiger partial charge is 0.492 e. The zero-order valence-electron chi connectivity index (χ0n) is 10.5. The predicted molar refractivity (Wildman–Crippen MR) is 72.6 cm³/mol. The van der Waals surface area contributed by atoms with Gasteiger partial charge in [0, 0.05) is 12.2 Å². The van der Waals surface area contributed by atoms with Gasteiger partial charge < -0.3 is 10.1 Å². The number of pyridine rings is 1. The van der Waals surface area contributed by atoms with Gasteiger partial charge in [-0.3, -0.25) is 4.98 Å². The van der Waals surface area contributed by atoms with Crippen LogP contribution in [0.2, 0.25) is 0 Å². The number of rotatable bonds is 5. The first-order chi connectivity index (χ1) is 8.35. The molecule has 1 aromatic rings. The van der Waals surface area contributed by atoms with E-state index in [4.69, 9.17) is 4.74 Å². The lowest BCUT2D eigenvalue weighted by atomic mass is 9.93. The van der Waals surface area contributed by atoms with Gasteiger partial charge in [0.25, 0.3) is 0 Å². The highest BCUT2D eigenvalue weighted by Gasteiger charge is 2.25. The molecule has 3 nitrogen and oxygen atoms in total. The van der Waals surface area contributed by atoms with Gasteiger partial charge in [0.05, 0.1) is 12.8 Å². The normalized spacial score (nSPS) is 21.4. The fraction of sp³-hybridized carbons (Fsp3) is 0.615. The van der Waals surface area contributed by atoms with E-state index in [1.165, 1.54) is 23.5 Å². The Kier molecular flexibility index (Phi) is 4.68. The molecule has 4 heteroatoms. The average Bonchev–Trinajstić information content (AvgIpc) is 2.85. The van der Waals surface area contributed by atoms with E-state index in [-0.39, 0.29) is 0 Å². The summed E-state index contributed by atoms with van der Waals surface area (Å²) in [7, 11) is 2.03. The number of aromatic nitrogens is 1. The zero-order valence-corrected chi connectivity index (χ0v) is 11.3. The molecule has 1 fully saturated rings. The SMILES string of the molecule is CCOc1cncc(C(NC)C2CCSC2)c1. The van der Waals surface area contributed by atoms with Crippen LogP contribution in [0.4, 0.5) is 0 Å². The minimum atomic E-state index is 0.401. The lowest BCUT2D eigenvalue weighted by molar-refractivity contribution is 0.336. The van der Waals surface area contributed by atoms with Gasteiger partial charge in [0.1, 0.15) is 5.75 Å². The van der Waals surface area contributed by atoms with Crippen LogP contribution in [0.3, 0.4) is 0 Å².